The lowest BCUT2D eigenvalue weighted by Crippen LogP contribution is -2.36. The van der Waals surface area contributed by atoms with Crippen LogP contribution in [-0.4, -0.2) is 49.2 Å². The molecule has 0 bridgehead atoms. The van der Waals surface area contributed by atoms with Crippen molar-refractivity contribution in [1.29, 1.82) is 0 Å². The molecule has 126 valence electrons. The van der Waals surface area contributed by atoms with E-state index in [9.17, 15) is 4.79 Å². The molecule has 1 aromatic carbocycles. The first-order valence-corrected chi connectivity index (χ1v) is 8.17. The normalized spacial score (nSPS) is 18.0. The van der Waals surface area contributed by atoms with Gasteiger partial charge in [-0.2, -0.15) is 0 Å². The van der Waals surface area contributed by atoms with Crippen LogP contribution in [0.2, 0.25) is 0 Å². The molecular weight excluding hydrogens is 304 g/mol. The zero-order valence-corrected chi connectivity index (χ0v) is 13.9. The third kappa shape index (κ3) is 4.11. The van der Waals surface area contributed by atoms with Gasteiger partial charge in [-0.05, 0) is 42.8 Å². The second kappa shape index (κ2) is 7.93. The van der Waals surface area contributed by atoms with Gasteiger partial charge in [0.25, 0.3) is 5.91 Å². The van der Waals surface area contributed by atoms with Gasteiger partial charge in [-0.1, -0.05) is 6.07 Å². The molecule has 1 aliphatic rings. The van der Waals surface area contributed by atoms with Gasteiger partial charge in [0.15, 0.2) is 0 Å². The van der Waals surface area contributed by atoms with Gasteiger partial charge >= 0.3 is 0 Å². The number of carbonyl (C=O) groups is 1. The van der Waals surface area contributed by atoms with E-state index in [0.717, 1.165) is 17.9 Å². The molecule has 1 atom stereocenters. The first-order valence-electron chi connectivity index (χ1n) is 8.17. The summed E-state index contributed by atoms with van der Waals surface area (Å²) in [6.45, 7) is 2.52. The Morgan fingerprint density at radius 2 is 2.12 bits per heavy atom. The van der Waals surface area contributed by atoms with E-state index in [1.807, 2.05) is 35.2 Å². The van der Waals surface area contributed by atoms with Crippen molar-refractivity contribution < 1.29 is 14.3 Å². The van der Waals surface area contributed by atoms with E-state index in [-0.39, 0.29) is 11.8 Å². The molecule has 0 N–H and O–H groups in total. The number of ether oxygens (including phenoxy) is 2. The highest BCUT2D eigenvalue weighted by atomic mass is 16.5. The Labute approximate surface area is 142 Å². The molecule has 1 aromatic heterocycles. The summed E-state index contributed by atoms with van der Waals surface area (Å²) < 4.78 is 10.8. The lowest BCUT2D eigenvalue weighted by atomic mass is 10.0. The summed E-state index contributed by atoms with van der Waals surface area (Å²) in [4.78, 5) is 19.0. The number of benzene rings is 1. The molecule has 5 nitrogen and oxygen atoms in total. The summed E-state index contributed by atoms with van der Waals surface area (Å²) in [5, 5.41) is 0. The molecule has 3 rings (SSSR count). The Bertz CT molecular complexity index is 658. The highest BCUT2D eigenvalue weighted by molar-refractivity contribution is 5.94. The predicted octanol–water partition coefficient (Wildman–Crippen LogP) is 2.42. The predicted molar refractivity (Wildman–Crippen MR) is 91.1 cm³/mol. The minimum atomic E-state index is 0.0363. The molecule has 1 fully saturated rings. The van der Waals surface area contributed by atoms with E-state index in [1.165, 1.54) is 0 Å². The number of pyridine rings is 1. The van der Waals surface area contributed by atoms with Crippen LogP contribution in [0.1, 0.15) is 16.1 Å². The summed E-state index contributed by atoms with van der Waals surface area (Å²) in [6, 6.07) is 13.1. The Balaban J connectivity index is 1.68. The SMILES string of the molecule is COc1ccc(C(=O)N2CCOCC(Cc3ccccn3)C2)cc1. The van der Waals surface area contributed by atoms with Crippen LogP contribution in [0.3, 0.4) is 0 Å². The quantitative estimate of drug-likeness (QED) is 0.866. The molecule has 0 saturated carbocycles. The molecule has 24 heavy (non-hydrogen) atoms. The van der Waals surface area contributed by atoms with Crippen LogP contribution < -0.4 is 4.74 Å². The minimum absolute atomic E-state index is 0.0363. The molecule has 0 aliphatic carbocycles. The summed E-state index contributed by atoms with van der Waals surface area (Å²) in [6.07, 6.45) is 2.61. The van der Waals surface area contributed by atoms with Crippen LogP contribution in [-0.2, 0) is 11.2 Å². The number of nitrogens with zero attached hydrogens (tertiary/aromatic N) is 2. The molecule has 1 amide bonds. The van der Waals surface area contributed by atoms with E-state index in [4.69, 9.17) is 9.47 Å². The number of hydrogen-bond acceptors (Lipinski definition) is 4. The van der Waals surface area contributed by atoms with Crippen molar-refractivity contribution in [2.45, 2.75) is 6.42 Å². The van der Waals surface area contributed by atoms with Crippen molar-refractivity contribution in [2.24, 2.45) is 5.92 Å². The number of rotatable bonds is 4. The fourth-order valence-electron chi connectivity index (χ4n) is 2.92. The minimum Gasteiger partial charge on any atom is -0.497 e. The van der Waals surface area contributed by atoms with E-state index in [1.54, 1.807) is 25.4 Å². The molecule has 1 unspecified atom stereocenters. The van der Waals surface area contributed by atoms with Gasteiger partial charge in [-0.15, -0.1) is 0 Å². The highest BCUT2D eigenvalue weighted by Gasteiger charge is 2.24. The van der Waals surface area contributed by atoms with Gasteiger partial charge in [0.05, 0.1) is 20.3 Å². The number of hydrogen-bond donors (Lipinski definition) is 0. The van der Waals surface area contributed by atoms with E-state index in [0.29, 0.717) is 31.9 Å². The Kier molecular flexibility index (Phi) is 5.43. The lowest BCUT2D eigenvalue weighted by Gasteiger charge is -2.23. The molecule has 2 aromatic rings. The van der Waals surface area contributed by atoms with Crippen molar-refractivity contribution in [2.75, 3.05) is 33.4 Å². The zero-order valence-electron chi connectivity index (χ0n) is 13.9. The largest absolute Gasteiger partial charge is 0.497 e. The van der Waals surface area contributed by atoms with Gasteiger partial charge in [0, 0.05) is 36.5 Å². The Morgan fingerprint density at radius 3 is 2.83 bits per heavy atom. The molecular formula is C19H22N2O3. The van der Waals surface area contributed by atoms with Crippen LogP contribution in [0.15, 0.2) is 48.7 Å². The third-order valence-corrected chi connectivity index (χ3v) is 4.19. The second-order valence-corrected chi connectivity index (χ2v) is 5.95. The first-order chi connectivity index (χ1) is 11.8. The third-order valence-electron chi connectivity index (χ3n) is 4.19. The smallest absolute Gasteiger partial charge is 0.253 e. The molecule has 2 heterocycles. The van der Waals surface area contributed by atoms with Gasteiger partial charge in [-0.25, -0.2) is 0 Å². The molecule has 1 saturated heterocycles. The van der Waals surface area contributed by atoms with E-state index < -0.39 is 0 Å². The maximum Gasteiger partial charge on any atom is 0.253 e. The first kappa shape index (κ1) is 16.5. The number of aromatic nitrogens is 1. The standard InChI is InChI=1S/C19H22N2O3/c1-23-18-7-5-16(6-8-18)19(22)21-10-11-24-14-15(13-21)12-17-4-2-3-9-20-17/h2-9,15H,10-14H2,1H3. The number of carbonyl (C=O) groups excluding carboxylic acids is 1. The van der Waals surface area contributed by atoms with Crippen LogP contribution in [0, 0.1) is 5.92 Å². The average molecular weight is 326 g/mol. The van der Waals surface area contributed by atoms with Crippen LogP contribution in [0.5, 0.6) is 5.75 Å². The topological polar surface area (TPSA) is 51.7 Å². The zero-order chi connectivity index (χ0) is 16.8. The summed E-state index contributed by atoms with van der Waals surface area (Å²) >= 11 is 0. The van der Waals surface area contributed by atoms with Crippen molar-refractivity contribution >= 4 is 5.91 Å². The maximum atomic E-state index is 12.8. The molecule has 1 aliphatic heterocycles. The van der Waals surface area contributed by atoms with Crippen LogP contribution in [0.25, 0.3) is 0 Å². The average Bonchev–Trinajstić information content (AvgIpc) is 2.87. The van der Waals surface area contributed by atoms with Gasteiger partial charge in [-0.3, -0.25) is 9.78 Å². The monoisotopic (exact) mass is 326 g/mol. The lowest BCUT2D eigenvalue weighted by molar-refractivity contribution is 0.0737. The Hall–Kier alpha value is -2.40. The van der Waals surface area contributed by atoms with Gasteiger partial charge in [0.1, 0.15) is 5.75 Å². The second-order valence-electron chi connectivity index (χ2n) is 5.95. The van der Waals surface area contributed by atoms with Gasteiger partial charge in [0.2, 0.25) is 0 Å². The number of methoxy groups -OCH3 is 1. The van der Waals surface area contributed by atoms with Gasteiger partial charge < -0.3 is 14.4 Å². The summed E-state index contributed by atoms with van der Waals surface area (Å²) in [5.41, 5.74) is 1.71. The van der Waals surface area contributed by atoms with E-state index in [2.05, 4.69) is 4.98 Å². The fraction of sp³-hybridized carbons (Fsp3) is 0.368. The fourth-order valence-corrected chi connectivity index (χ4v) is 2.92. The molecule has 0 spiro atoms. The Morgan fingerprint density at radius 1 is 1.29 bits per heavy atom. The number of amides is 1. The summed E-state index contributed by atoms with van der Waals surface area (Å²) in [5.74, 6) is 1.04. The van der Waals surface area contributed by atoms with Crippen molar-refractivity contribution in [3.05, 3.63) is 59.9 Å². The summed E-state index contributed by atoms with van der Waals surface area (Å²) in [7, 11) is 1.62. The maximum absolute atomic E-state index is 12.8. The van der Waals surface area contributed by atoms with Crippen molar-refractivity contribution in [3.8, 4) is 5.75 Å². The van der Waals surface area contributed by atoms with Crippen molar-refractivity contribution in [3.63, 3.8) is 0 Å². The molecule has 0 radical (unpaired) electrons. The molecule has 5 heteroatoms. The van der Waals surface area contributed by atoms with Crippen LogP contribution >= 0.6 is 0 Å². The van der Waals surface area contributed by atoms with E-state index >= 15 is 0 Å². The van der Waals surface area contributed by atoms with Crippen LogP contribution in [0.4, 0.5) is 0 Å². The van der Waals surface area contributed by atoms with Crippen molar-refractivity contribution in [1.82, 2.24) is 9.88 Å². The highest BCUT2D eigenvalue weighted by Crippen LogP contribution is 2.17.